The van der Waals surface area contributed by atoms with Gasteiger partial charge in [0, 0.05) is 6.54 Å². The van der Waals surface area contributed by atoms with E-state index in [0.29, 0.717) is 18.1 Å². The van der Waals surface area contributed by atoms with Gasteiger partial charge in [0.15, 0.2) is 0 Å². The Morgan fingerprint density at radius 2 is 2.00 bits per heavy atom. The van der Waals surface area contributed by atoms with E-state index < -0.39 is 0 Å². The third-order valence-corrected chi connectivity index (χ3v) is 3.46. The average Bonchev–Trinajstić information content (AvgIpc) is 2.50. The third kappa shape index (κ3) is 1.50. The van der Waals surface area contributed by atoms with E-state index >= 15 is 0 Å². The smallest absolute Gasteiger partial charge is 0.0703 e. The van der Waals surface area contributed by atoms with Crippen LogP contribution in [0.15, 0.2) is 0 Å². The molecule has 1 aliphatic heterocycles. The molecule has 2 N–H and O–H groups in total. The highest BCUT2D eigenvalue weighted by atomic mass is 16.5. The predicted molar refractivity (Wildman–Crippen MR) is 48.9 cm³/mol. The zero-order chi connectivity index (χ0) is 8.44. The Hall–Kier alpha value is -0.0800. The van der Waals surface area contributed by atoms with E-state index in [1.165, 1.54) is 38.5 Å². The molecule has 2 aliphatic rings. The van der Waals surface area contributed by atoms with Crippen LogP contribution in [0.2, 0.25) is 0 Å². The molecule has 0 unspecified atom stereocenters. The number of hydrogen-bond acceptors (Lipinski definition) is 2. The Morgan fingerprint density at radius 1 is 1.25 bits per heavy atom. The quantitative estimate of drug-likeness (QED) is 0.648. The summed E-state index contributed by atoms with van der Waals surface area (Å²) in [4.78, 5) is 0. The summed E-state index contributed by atoms with van der Waals surface area (Å²) < 4.78 is 5.67. The van der Waals surface area contributed by atoms with Gasteiger partial charge in [0.05, 0.1) is 12.7 Å². The van der Waals surface area contributed by atoms with Gasteiger partial charge in [-0.05, 0) is 24.7 Å². The highest BCUT2D eigenvalue weighted by Crippen LogP contribution is 2.44. The molecule has 0 aromatic rings. The van der Waals surface area contributed by atoms with Gasteiger partial charge in [-0.3, -0.25) is 0 Å². The fraction of sp³-hybridized carbons (Fsp3) is 1.00. The molecule has 1 saturated carbocycles. The summed E-state index contributed by atoms with van der Waals surface area (Å²) in [6.45, 7) is 1.69. The Bertz CT molecular complexity index is 152. The SMILES string of the molecule is NC[C@H]1CC2(CCCCC2)CO1. The topological polar surface area (TPSA) is 35.2 Å². The normalized spacial score (nSPS) is 34.2. The van der Waals surface area contributed by atoms with Crippen LogP contribution in [-0.2, 0) is 4.74 Å². The first kappa shape index (κ1) is 8.52. The van der Waals surface area contributed by atoms with Crippen LogP contribution in [0.3, 0.4) is 0 Å². The molecule has 0 amide bonds. The maximum Gasteiger partial charge on any atom is 0.0703 e. The van der Waals surface area contributed by atoms with Crippen molar-refractivity contribution in [2.75, 3.05) is 13.2 Å². The van der Waals surface area contributed by atoms with E-state index in [9.17, 15) is 0 Å². The lowest BCUT2D eigenvalue weighted by molar-refractivity contribution is 0.0882. The van der Waals surface area contributed by atoms with Gasteiger partial charge < -0.3 is 10.5 Å². The van der Waals surface area contributed by atoms with Crippen LogP contribution in [-0.4, -0.2) is 19.3 Å². The van der Waals surface area contributed by atoms with Crippen molar-refractivity contribution in [2.45, 2.75) is 44.6 Å². The Morgan fingerprint density at radius 3 is 2.58 bits per heavy atom. The van der Waals surface area contributed by atoms with Gasteiger partial charge in [0.2, 0.25) is 0 Å². The Balaban J connectivity index is 1.94. The van der Waals surface area contributed by atoms with Gasteiger partial charge in [-0.15, -0.1) is 0 Å². The lowest BCUT2D eigenvalue weighted by atomic mass is 9.73. The van der Waals surface area contributed by atoms with Gasteiger partial charge in [0.25, 0.3) is 0 Å². The molecule has 2 heteroatoms. The van der Waals surface area contributed by atoms with E-state index in [1.807, 2.05) is 0 Å². The number of ether oxygens (including phenoxy) is 1. The highest BCUT2D eigenvalue weighted by Gasteiger charge is 2.39. The fourth-order valence-electron chi connectivity index (χ4n) is 2.70. The van der Waals surface area contributed by atoms with Gasteiger partial charge in [-0.25, -0.2) is 0 Å². The van der Waals surface area contributed by atoms with Gasteiger partial charge in [-0.1, -0.05) is 19.3 Å². The van der Waals surface area contributed by atoms with E-state index in [1.54, 1.807) is 0 Å². The average molecular weight is 169 g/mol. The lowest BCUT2D eigenvalue weighted by Gasteiger charge is -2.31. The van der Waals surface area contributed by atoms with Gasteiger partial charge in [-0.2, -0.15) is 0 Å². The first-order valence-corrected chi connectivity index (χ1v) is 5.16. The second-order valence-corrected chi connectivity index (χ2v) is 4.43. The standard InChI is InChI=1S/C10H19NO/c11-7-9-6-10(8-12-9)4-2-1-3-5-10/h9H,1-8,11H2/t9-/m1/s1. The molecular weight excluding hydrogens is 150 g/mol. The first-order chi connectivity index (χ1) is 5.85. The monoisotopic (exact) mass is 169 g/mol. The minimum absolute atomic E-state index is 0.364. The molecule has 1 spiro atoms. The molecule has 0 bridgehead atoms. The third-order valence-electron chi connectivity index (χ3n) is 3.46. The Labute approximate surface area is 74.5 Å². The molecule has 2 nitrogen and oxygen atoms in total. The molecule has 1 atom stereocenters. The lowest BCUT2D eigenvalue weighted by Crippen LogP contribution is -2.25. The van der Waals surface area contributed by atoms with E-state index in [2.05, 4.69) is 0 Å². The summed E-state index contributed by atoms with van der Waals surface area (Å²) in [6, 6.07) is 0. The van der Waals surface area contributed by atoms with Crippen molar-refractivity contribution in [3.63, 3.8) is 0 Å². The minimum Gasteiger partial charge on any atom is -0.376 e. The van der Waals surface area contributed by atoms with Crippen LogP contribution in [0, 0.1) is 5.41 Å². The number of nitrogens with two attached hydrogens (primary N) is 1. The first-order valence-electron chi connectivity index (χ1n) is 5.16. The van der Waals surface area contributed by atoms with Gasteiger partial charge in [0.1, 0.15) is 0 Å². The molecule has 1 heterocycles. The molecule has 0 aromatic heterocycles. The summed E-state index contributed by atoms with van der Waals surface area (Å²) >= 11 is 0. The maximum absolute atomic E-state index is 5.67. The minimum atomic E-state index is 0.364. The molecule has 1 saturated heterocycles. The van der Waals surface area contributed by atoms with Crippen molar-refractivity contribution >= 4 is 0 Å². The molecule has 12 heavy (non-hydrogen) atoms. The predicted octanol–water partition coefficient (Wildman–Crippen LogP) is 1.68. The molecule has 70 valence electrons. The summed E-state index contributed by atoms with van der Waals surface area (Å²) in [6.07, 6.45) is 8.58. The van der Waals surface area contributed by atoms with Crippen molar-refractivity contribution in [3.05, 3.63) is 0 Å². The fourth-order valence-corrected chi connectivity index (χ4v) is 2.70. The van der Waals surface area contributed by atoms with Crippen LogP contribution in [0.1, 0.15) is 38.5 Å². The molecular formula is C10H19NO. The molecule has 0 radical (unpaired) electrons. The van der Waals surface area contributed by atoms with Gasteiger partial charge >= 0.3 is 0 Å². The van der Waals surface area contributed by atoms with Crippen LogP contribution in [0.5, 0.6) is 0 Å². The van der Waals surface area contributed by atoms with Crippen LogP contribution in [0.4, 0.5) is 0 Å². The van der Waals surface area contributed by atoms with Crippen molar-refractivity contribution in [3.8, 4) is 0 Å². The van der Waals surface area contributed by atoms with E-state index in [-0.39, 0.29) is 0 Å². The summed E-state index contributed by atoms with van der Waals surface area (Å²) in [5.74, 6) is 0. The van der Waals surface area contributed by atoms with E-state index in [4.69, 9.17) is 10.5 Å². The van der Waals surface area contributed by atoms with Crippen molar-refractivity contribution in [1.82, 2.24) is 0 Å². The van der Waals surface area contributed by atoms with Crippen LogP contribution in [0.25, 0.3) is 0 Å². The second-order valence-electron chi connectivity index (χ2n) is 4.43. The van der Waals surface area contributed by atoms with Crippen molar-refractivity contribution in [2.24, 2.45) is 11.1 Å². The maximum atomic E-state index is 5.67. The van der Waals surface area contributed by atoms with Crippen molar-refractivity contribution < 1.29 is 4.74 Å². The van der Waals surface area contributed by atoms with E-state index in [0.717, 1.165) is 6.61 Å². The largest absolute Gasteiger partial charge is 0.376 e. The highest BCUT2D eigenvalue weighted by molar-refractivity contribution is 4.90. The summed E-state index contributed by atoms with van der Waals surface area (Å²) in [7, 11) is 0. The molecule has 2 rings (SSSR count). The molecule has 2 fully saturated rings. The molecule has 0 aromatic carbocycles. The summed E-state index contributed by atoms with van der Waals surface area (Å²) in [5, 5.41) is 0. The van der Waals surface area contributed by atoms with Crippen LogP contribution >= 0.6 is 0 Å². The number of rotatable bonds is 1. The second kappa shape index (κ2) is 3.35. The zero-order valence-corrected chi connectivity index (χ0v) is 7.72. The molecule has 1 aliphatic carbocycles. The summed E-state index contributed by atoms with van der Waals surface area (Å²) in [5.41, 5.74) is 6.14. The Kier molecular flexibility index (Phi) is 2.37. The van der Waals surface area contributed by atoms with Crippen molar-refractivity contribution in [1.29, 1.82) is 0 Å². The number of hydrogen-bond donors (Lipinski definition) is 1. The van der Waals surface area contributed by atoms with Crippen LogP contribution < -0.4 is 5.73 Å². The zero-order valence-electron chi connectivity index (χ0n) is 7.72.